The van der Waals surface area contributed by atoms with Crippen LogP contribution in [0.1, 0.15) is 5.69 Å². The molecule has 0 aliphatic carbocycles. The quantitative estimate of drug-likeness (QED) is 0.432. The van der Waals surface area contributed by atoms with E-state index in [9.17, 15) is 8.42 Å². The molecule has 3 rings (SSSR count). The van der Waals surface area contributed by atoms with E-state index in [0.29, 0.717) is 33.8 Å². The fourth-order valence-corrected chi connectivity index (χ4v) is 6.01. The van der Waals surface area contributed by atoms with Crippen molar-refractivity contribution in [3.8, 4) is 11.5 Å². The first-order valence-electron chi connectivity index (χ1n) is 8.84. The molecule has 0 N–H and O–H groups in total. The highest BCUT2D eigenvalue weighted by molar-refractivity contribution is 9.10. The van der Waals surface area contributed by atoms with Crippen molar-refractivity contribution in [2.24, 2.45) is 0 Å². The monoisotopic (exact) mass is 544 g/mol. The number of benzene rings is 2. The molecular weight excluding hydrogens is 524 g/mol. The van der Waals surface area contributed by atoms with E-state index in [1.54, 1.807) is 25.1 Å². The topological polar surface area (TPSA) is 60.8 Å². The van der Waals surface area contributed by atoms with Gasteiger partial charge >= 0.3 is 0 Å². The summed E-state index contributed by atoms with van der Waals surface area (Å²) in [6.07, 6.45) is 0. The summed E-state index contributed by atoms with van der Waals surface area (Å²) in [5.41, 5.74) is 1.09. The second kappa shape index (κ2) is 8.67. The third kappa shape index (κ3) is 4.33. The van der Waals surface area contributed by atoms with E-state index in [0.717, 1.165) is 16.4 Å². The maximum Gasteiger partial charge on any atom is 0.269 e. The van der Waals surface area contributed by atoms with E-state index in [4.69, 9.17) is 9.47 Å². The Morgan fingerprint density at radius 3 is 2.45 bits per heavy atom. The van der Waals surface area contributed by atoms with Crippen molar-refractivity contribution >= 4 is 52.8 Å². The zero-order valence-corrected chi connectivity index (χ0v) is 20.6. The molecule has 0 saturated carbocycles. The molecule has 29 heavy (non-hydrogen) atoms. The van der Waals surface area contributed by atoms with Gasteiger partial charge in [0.25, 0.3) is 10.0 Å². The number of methoxy groups -OCH3 is 1. The number of hydrogen-bond acceptors (Lipinski definition) is 5. The van der Waals surface area contributed by atoms with Gasteiger partial charge in [-0.25, -0.2) is 12.4 Å². The molecule has 0 amide bonds. The Balaban J connectivity index is 2.20. The van der Waals surface area contributed by atoms with Crippen LogP contribution in [0.2, 0.25) is 0 Å². The van der Waals surface area contributed by atoms with Gasteiger partial charge in [-0.3, -0.25) is 0 Å². The summed E-state index contributed by atoms with van der Waals surface area (Å²) in [4.78, 5) is 2.16. The number of nitrogens with zero attached hydrogens (tertiary/aromatic N) is 2. The Morgan fingerprint density at radius 2 is 1.83 bits per heavy atom. The number of likely N-dealkylation sites (N-methyl/N-ethyl adjacent to an activating group) is 1. The lowest BCUT2D eigenvalue weighted by molar-refractivity contribution is 0.262. The number of halogens is 2. The number of hydrogen-bond donors (Lipinski definition) is 0. The van der Waals surface area contributed by atoms with Crippen molar-refractivity contribution < 1.29 is 17.9 Å². The first kappa shape index (κ1) is 22.1. The van der Waals surface area contributed by atoms with Gasteiger partial charge in [0.1, 0.15) is 23.0 Å². The number of ether oxygens (including phenoxy) is 2. The predicted molar refractivity (Wildman–Crippen MR) is 122 cm³/mol. The second-order valence-electron chi connectivity index (χ2n) is 6.79. The number of fused-ring (bicyclic) bond motifs is 1. The van der Waals surface area contributed by atoms with Crippen molar-refractivity contribution in [2.75, 3.05) is 34.4 Å². The van der Waals surface area contributed by atoms with Gasteiger partial charge < -0.3 is 14.4 Å². The number of rotatable bonds is 7. The Bertz CT molecular complexity index is 1160. The predicted octanol–water partition coefficient (Wildman–Crippen LogP) is 4.66. The highest BCUT2D eigenvalue weighted by atomic mass is 79.9. The molecule has 156 valence electrons. The standard InChI is InChI=1S/C20H22Br2N2O4S/c1-13-20(28-10-9-23(2)3)16-11-14(21)5-7-18(16)24(13)29(25,26)19-8-6-15(27-4)12-17(19)22/h5-8,11-12H,9-10H2,1-4H3. The Morgan fingerprint density at radius 1 is 1.10 bits per heavy atom. The molecule has 0 fully saturated rings. The fourth-order valence-electron chi connectivity index (χ4n) is 3.07. The molecule has 9 heteroatoms. The van der Waals surface area contributed by atoms with Crippen LogP contribution in [0.5, 0.6) is 11.5 Å². The Labute approximate surface area is 187 Å². The summed E-state index contributed by atoms with van der Waals surface area (Å²) in [6, 6.07) is 10.3. The highest BCUT2D eigenvalue weighted by Gasteiger charge is 2.28. The molecule has 0 aliphatic heterocycles. The van der Waals surface area contributed by atoms with Crippen LogP contribution >= 0.6 is 31.9 Å². The summed E-state index contributed by atoms with van der Waals surface area (Å²) in [6.45, 7) is 2.93. The largest absolute Gasteiger partial charge is 0.497 e. The normalized spacial score (nSPS) is 12.0. The van der Waals surface area contributed by atoms with E-state index < -0.39 is 10.0 Å². The molecule has 0 bridgehead atoms. The summed E-state index contributed by atoms with van der Waals surface area (Å²) in [5, 5.41) is 0.740. The van der Waals surface area contributed by atoms with Gasteiger partial charge in [-0.05, 0) is 73.3 Å². The summed E-state index contributed by atoms with van der Waals surface area (Å²) < 4.78 is 41.0. The van der Waals surface area contributed by atoms with Gasteiger partial charge in [-0.1, -0.05) is 15.9 Å². The van der Waals surface area contributed by atoms with Crippen LogP contribution in [0.4, 0.5) is 0 Å². The first-order chi connectivity index (χ1) is 13.7. The van der Waals surface area contributed by atoms with Crippen LogP contribution in [0.15, 0.2) is 50.2 Å². The van der Waals surface area contributed by atoms with Gasteiger partial charge in [0.05, 0.1) is 18.3 Å². The van der Waals surface area contributed by atoms with E-state index >= 15 is 0 Å². The van der Waals surface area contributed by atoms with Crippen LogP contribution in [0.3, 0.4) is 0 Å². The first-order valence-corrected chi connectivity index (χ1v) is 11.9. The van der Waals surface area contributed by atoms with Crippen LogP contribution in [0.25, 0.3) is 10.9 Å². The molecular formula is C20H22Br2N2O4S. The number of aromatic nitrogens is 1. The second-order valence-corrected chi connectivity index (χ2v) is 10.3. The molecule has 3 aromatic rings. The summed E-state index contributed by atoms with van der Waals surface area (Å²) >= 11 is 6.84. The Kier molecular flexibility index (Phi) is 6.62. The average molecular weight is 546 g/mol. The molecule has 0 saturated heterocycles. The summed E-state index contributed by atoms with van der Waals surface area (Å²) in [5.74, 6) is 1.14. The maximum atomic E-state index is 13.6. The van der Waals surface area contributed by atoms with Crippen molar-refractivity contribution in [3.63, 3.8) is 0 Å². The lowest BCUT2D eigenvalue weighted by atomic mass is 10.2. The van der Waals surface area contributed by atoms with Gasteiger partial charge in [0.2, 0.25) is 0 Å². The van der Waals surface area contributed by atoms with Crippen LogP contribution in [-0.2, 0) is 10.0 Å². The highest BCUT2D eigenvalue weighted by Crippen LogP contribution is 2.38. The minimum absolute atomic E-state index is 0.154. The molecule has 0 aliphatic rings. The summed E-state index contributed by atoms with van der Waals surface area (Å²) in [7, 11) is 1.58. The van der Waals surface area contributed by atoms with E-state index in [1.165, 1.54) is 17.1 Å². The molecule has 0 radical (unpaired) electrons. The average Bonchev–Trinajstić information content (AvgIpc) is 2.93. The minimum atomic E-state index is -3.88. The third-order valence-electron chi connectivity index (χ3n) is 4.50. The van der Waals surface area contributed by atoms with Crippen molar-refractivity contribution in [1.82, 2.24) is 8.87 Å². The fraction of sp³-hybridized carbons (Fsp3) is 0.300. The molecule has 6 nitrogen and oxygen atoms in total. The molecule has 1 heterocycles. The van der Waals surface area contributed by atoms with Gasteiger partial charge in [-0.2, -0.15) is 0 Å². The van der Waals surface area contributed by atoms with E-state index in [-0.39, 0.29) is 4.90 Å². The lowest BCUT2D eigenvalue weighted by Crippen LogP contribution is -2.20. The van der Waals surface area contributed by atoms with Crippen molar-refractivity contribution in [3.05, 3.63) is 51.0 Å². The van der Waals surface area contributed by atoms with E-state index in [1.807, 2.05) is 31.1 Å². The van der Waals surface area contributed by atoms with Gasteiger partial charge in [0, 0.05) is 20.9 Å². The lowest BCUT2D eigenvalue weighted by Gasteiger charge is -2.13. The minimum Gasteiger partial charge on any atom is -0.497 e. The zero-order valence-electron chi connectivity index (χ0n) is 16.6. The van der Waals surface area contributed by atoms with Gasteiger partial charge in [0.15, 0.2) is 0 Å². The Hall–Kier alpha value is -1.55. The molecule has 0 spiro atoms. The SMILES string of the molecule is COc1ccc(S(=O)(=O)n2c(C)c(OCCN(C)C)c3cc(Br)ccc32)c(Br)c1. The smallest absolute Gasteiger partial charge is 0.269 e. The maximum absolute atomic E-state index is 13.6. The van der Waals surface area contributed by atoms with Crippen LogP contribution < -0.4 is 9.47 Å². The molecule has 1 aromatic heterocycles. The molecule has 0 atom stereocenters. The molecule has 2 aromatic carbocycles. The van der Waals surface area contributed by atoms with Crippen LogP contribution in [0, 0.1) is 6.92 Å². The molecule has 0 unspecified atom stereocenters. The van der Waals surface area contributed by atoms with Crippen LogP contribution in [-0.4, -0.2) is 51.6 Å². The van der Waals surface area contributed by atoms with E-state index in [2.05, 4.69) is 31.9 Å². The zero-order chi connectivity index (χ0) is 21.3. The van der Waals surface area contributed by atoms with Gasteiger partial charge in [-0.15, -0.1) is 0 Å². The van der Waals surface area contributed by atoms with Crippen molar-refractivity contribution in [2.45, 2.75) is 11.8 Å². The van der Waals surface area contributed by atoms with Crippen molar-refractivity contribution in [1.29, 1.82) is 0 Å². The third-order valence-corrected chi connectivity index (χ3v) is 7.77.